The van der Waals surface area contributed by atoms with Crippen LogP contribution in [0.4, 0.5) is 11.4 Å². The molecule has 0 unspecified atom stereocenters. The lowest BCUT2D eigenvalue weighted by atomic mass is 10.2. The maximum absolute atomic E-state index is 12.2. The number of ether oxygens (including phenoxy) is 2. The van der Waals surface area contributed by atoms with E-state index in [1.54, 1.807) is 48.5 Å². The monoisotopic (exact) mass is 674 g/mol. The fourth-order valence-corrected chi connectivity index (χ4v) is 4.07. The van der Waals surface area contributed by atoms with Gasteiger partial charge in [-0.3, -0.25) is 14.4 Å². The normalized spacial score (nSPS) is 10.6. The van der Waals surface area contributed by atoms with E-state index in [4.69, 9.17) is 44.3 Å². The van der Waals surface area contributed by atoms with E-state index >= 15 is 0 Å². The van der Waals surface area contributed by atoms with Crippen LogP contribution >= 0.6 is 57.4 Å². The van der Waals surface area contributed by atoms with Crippen LogP contribution < -0.4 is 25.5 Å². The number of anilines is 2. The summed E-state index contributed by atoms with van der Waals surface area (Å²) in [6, 6.07) is 14.6. The van der Waals surface area contributed by atoms with E-state index in [2.05, 4.69) is 21.2 Å². The second kappa shape index (κ2) is 13.5. The summed E-state index contributed by atoms with van der Waals surface area (Å²) in [7, 11) is 1.44. The van der Waals surface area contributed by atoms with Crippen molar-refractivity contribution < 1.29 is 23.9 Å². The molecule has 0 atom stereocenters. The number of carbonyl (C=O) groups is 3. The van der Waals surface area contributed by atoms with Gasteiger partial charge in [0.25, 0.3) is 5.91 Å². The van der Waals surface area contributed by atoms with Crippen molar-refractivity contribution in [1.82, 2.24) is 5.43 Å². The second-order valence-corrected chi connectivity index (χ2v) is 9.52. The van der Waals surface area contributed by atoms with Crippen molar-refractivity contribution in [3.05, 3.63) is 78.8 Å². The maximum atomic E-state index is 12.2. The highest BCUT2D eigenvalue weighted by Gasteiger charge is 2.16. The third-order valence-electron chi connectivity index (χ3n) is 4.51. The van der Waals surface area contributed by atoms with Crippen LogP contribution in [-0.2, 0) is 14.4 Å². The molecule has 0 aliphatic rings. The lowest BCUT2D eigenvalue weighted by molar-refractivity contribution is -0.136. The van der Waals surface area contributed by atoms with Crippen LogP contribution in [0.5, 0.6) is 11.5 Å². The molecule has 9 nitrogen and oxygen atoms in total. The number of amides is 3. The molecule has 13 heteroatoms. The van der Waals surface area contributed by atoms with Crippen LogP contribution in [0.15, 0.2) is 59.7 Å². The Balaban J connectivity index is 1.59. The first-order chi connectivity index (χ1) is 17.7. The van der Waals surface area contributed by atoms with Crippen molar-refractivity contribution in [2.75, 3.05) is 24.4 Å². The lowest BCUT2D eigenvalue weighted by Gasteiger charge is -2.13. The van der Waals surface area contributed by atoms with Gasteiger partial charge in [0.15, 0.2) is 18.1 Å². The summed E-state index contributed by atoms with van der Waals surface area (Å²) in [5.41, 5.74) is 3.44. The van der Waals surface area contributed by atoms with Gasteiger partial charge < -0.3 is 20.1 Å². The van der Waals surface area contributed by atoms with Gasteiger partial charge in [-0.15, -0.1) is 0 Å². The molecule has 192 valence electrons. The number of hydrazone groups is 1. The Morgan fingerprint density at radius 3 is 2.43 bits per heavy atom. The van der Waals surface area contributed by atoms with E-state index < -0.39 is 11.8 Å². The van der Waals surface area contributed by atoms with Crippen molar-refractivity contribution in [2.24, 2.45) is 5.10 Å². The molecule has 0 aliphatic heterocycles. The molecule has 0 aliphatic carbocycles. The van der Waals surface area contributed by atoms with E-state index in [0.29, 0.717) is 31.3 Å². The topological polar surface area (TPSA) is 118 Å². The van der Waals surface area contributed by atoms with Crippen molar-refractivity contribution in [3.8, 4) is 11.5 Å². The number of methoxy groups -OCH3 is 1. The highest BCUT2D eigenvalue weighted by Crippen LogP contribution is 2.33. The number of nitrogens with zero attached hydrogens (tertiary/aromatic N) is 1. The van der Waals surface area contributed by atoms with Crippen LogP contribution in [0.3, 0.4) is 0 Å². The highest BCUT2D eigenvalue weighted by atomic mass is 127. The molecule has 0 fully saturated rings. The number of carbonyl (C=O) groups excluding carboxylic acids is 3. The van der Waals surface area contributed by atoms with Gasteiger partial charge in [0.2, 0.25) is 0 Å². The molecular weight excluding hydrogens is 658 g/mol. The third kappa shape index (κ3) is 8.22. The third-order valence-corrected chi connectivity index (χ3v) is 6.39. The molecule has 37 heavy (non-hydrogen) atoms. The first kappa shape index (κ1) is 28.5. The Labute approximate surface area is 240 Å². The molecule has 3 N–H and O–H groups in total. The molecule has 3 rings (SSSR count). The quantitative estimate of drug-likeness (QED) is 0.129. The van der Waals surface area contributed by atoms with Crippen molar-refractivity contribution in [3.63, 3.8) is 0 Å². The minimum absolute atomic E-state index is 0.111. The van der Waals surface area contributed by atoms with Gasteiger partial charge >= 0.3 is 11.8 Å². The standard InChI is InChI=1S/C24H18Cl3IN4O5/c1-36-19-10-13(11-29-32-24(35)23(34)31-18-4-2-3-16(26)21(18)27)9-17(28)22(19)37-12-20(33)30-15-7-5-14(25)6-8-15/h2-11H,12H2,1H3,(H,30,33)(H,31,34)(H,32,35)/b29-11-. The predicted molar refractivity (Wildman–Crippen MR) is 152 cm³/mol. The Kier molecular flexibility index (Phi) is 10.4. The van der Waals surface area contributed by atoms with Crippen molar-refractivity contribution in [2.45, 2.75) is 0 Å². The molecule has 3 amide bonds. The Hall–Kier alpha value is -3.06. The average molecular weight is 676 g/mol. The minimum atomic E-state index is -1.01. The molecule has 0 radical (unpaired) electrons. The van der Waals surface area contributed by atoms with E-state index in [-0.39, 0.29) is 28.2 Å². The average Bonchev–Trinajstić information content (AvgIpc) is 2.87. The van der Waals surface area contributed by atoms with Gasteiger partial charge in [-0.05, 0) is 76.7 Å². The first-order valence-corrected chi connectivity index (χ1v) is 12.5. The van der Waals surface area contributed by atoms with Gasteiger partial charge in [0.1, 0.15) is 0 Å². The summed E-state index contributed by atoms with van der Waals surface area (Å²) in [5, 5.41) is 9.76. The summed E-state index contributed by atoms with van der Waals surface area (Å²) >= 11 is 19.8. The zero-order chi connectivity index (χ0) is 26.9. The summed E-state index contributed by atoms with van der Waals surface area (Å²) in [6.07, 6.45) is 1.32. The van der Waals surface area contributed by atoms with E-state index in [1.807, 2.05) is 22.6 Å². The molecule has 0 spiro atoms. The highest BCUT2D eigenvalue weighted by molar-refractivity contribution is 14.1. The van der Waals surface area contributed by atoms with E-state index in [1.165, 1.54) is 19.4 Å². The molecule has 3 aromatic rings. The number of nitrogens with one attached hydrogen (secondary N) is 3. The molecule has 0 saturated heterocycles. The van der Waals surface area contributed by atoms with Gasteiger partial charge in [0.05, 0.1) is 32.6 Å². The molecular formula is C24H18Cl3IN4O5. The molecule has 3 aromatic carbocycles. The van der Waals surface area contributed by atoms with Crippen LogP contribution in [0.25, 0.3) is 0 Å². The Bertz CT molecular complexity index is 1350. The van der Waals surface area contributed by atoms with Crippen LogP contribution in [-0.4, -0.2) is 37.7 Å². The first-order valence-electron chi connectivity index (χ1n) is 10.3. The second-order valence-electron chi connectivity index (χ2n) is 7.13. The molecule has 0 saturated carbocycles. The summed E-state index contributed by atoms with van der Waals surface area (Å²) in [4.78, 5) is 36.4. The fourth-order valence-electron chi connectivity index (χ4n) is 2.82. The van der Waals surface area contributed by atoms with Gasteiger partial charge in [-0.25, -0.2) is 5.43 Å². The van der Waals surface area contributed by atoms with Crippen LogP contribution in [0, 0.1) is 3.57 Å². The maximum Gasteiger partial charge on any atom is 0.329 e. The molecule has 0 heterocycles. The number of rotatable bonds is 8. The van der Waals surface area contributed by atoms with E-state index in [0.717, 1.165) is 0 Å². The van der Waals surface area contributed by atoms with Gasteiger partial charge in [0, 0.05) is 10.7 Å². The number of hydrogen-bond donors (Lipinski definition) is 3. The van der Waals surface area contributed by atoms with Crippen molar-refractivity contribution in [1.29, 1.82) is 0 Å². The summed E-state index contributed by atoms with van der Waals surface area (Å²) < 4.78 is 11.7. The largest absolute Gasteiger partial charge is 0.493 e. The number of hydrogen-bond acceptors (Lipinski definition) is 6. The van der Waals surface area contributed by atoms with Crippen molar-refractivity contribution >= 4 is 92.7 Å². The Morgan fingerprint density at radius 1 is 1.00 bits per heavy atom. The number of benzene rings is 3. The van der Waals surface area contributed by atoms with Gasteiger partial charge in [-0.2, -0.15) is 5.10 Å². The predicted octanol–water partition coefficient (Wildman–Crippen LogP) is 5.37. The summed E-state index contributed by atoms with van der Waals surface area (Å²) in [5.74, 6) is -1.67. The van der Waals surface area contributed by atoms with Crippen LogP contribution in [0.2, 0.25) is 15.1 Å². The minimum Gasteiger partial charge on any atom is -0.493 e. The zero-order valence-corrected chi connectivity index (χ0v) is 23.4. The van der Waals surface area contributed by atoms with Gasteiger partial charge in [-0.1, -0.05) is 40.9 Å². The lowest BCUT2D eigenvalue weighted by Crippen LogP contribution is -2.32. The smallest absolute Gasteiger partial charge is 0.329 e. The molecule has 0 bridgehead atoms. The fraction of sp³-hybridized carbons (Fsp3) is 0.0833. The number of halogens is 4. The summed E-state index contributed by atoms with van der Waals surface area (Å²) in [6.45, 7) is -0.260. The molecule has 0 aromatic heterocycles. The van der Waals surface area contributed by atoms with E-state index in [9.17, 15) is 14.4 Å². The van der Waals surface area contributed by atoms with Crippen LogP contribution in [0.1, 0.15) is 5.56 Å². The SMILES string of the molecule is COc1cc(/C=N\NC(=O)C(=O)Nc2cccc(Cl)c2Cl)cc(I)c1OCC(=O)Nc1ccc(Cl)cc1. The zero-order valence-electron chi connectivity index (χ0n) is 19.0. The Morgan fingerprint density at radius 2 is 1.73 bits per heavy atom.